The van der Waals surface area contributed by atoms with Crippen LogP contribution in [0.15, 0.2) is 53.0 Å². The van der Waals surface area contributed by atoms with Gasteiger partial charge in [-0.25, -0.2) is 0 Å². The molecule has 2 aromatic carbocycles. The summed E-state index contributed by atoms with van der Waals surface area (Å²) in [6, 6.07) is 17.9. The summed E-state index contributed by atoms with van der Waals surface area (Å²) in [4.78, 5) is 0. The Labute approximate surface area is 135 Å². The van der Waals surface area contributed by atoms with Crippen molar-refractivity contribution in [3.05, 3.63) is 69.7 Å². The van der Waals surface area contributed by atoms with Crippen molar-refractivity contribution in [3.8, 4) is 0 Å². The summed E-state index contributed by atoms with van der Waals surface area (Å²) in [5.74, 6) is 0.613. The van der Waals surface area contributed by atoms with Gasteiger partial charge in [0.25, 0.3) is 0 Å². The molecule has 1 N–H and O–H groups in total. The van der Waals surface area contributed by atoms with Gasteiger partial charge in [0.2, 0.25) is 0 Å². The zero-order valence-electron chi connectivity index (χ0n) is 12.5. The van der Waals surface area contributed by atoms with Crippen LogP contribution in [-0.4, -0.2) is 6.54 Å². The molecule has 0 bridgehead atoms. The summed E-state index contributed by atoms with van der Waals surface area (Å²) in [6.07, 6.45) is 3.59. The van der Waals surface area contributed by atoms with E-state index in [2.05, 4.69) is 76.7 Å². The molecular formula is C19H22BrN. The lowest BCUT2D eigenvalue weighted by atomic mass is 9.98. The third-order valence-corrected chi connectivity index (χ3v) is 5.29. The minimum atomic E-state index is 0.528. The summed E-state index contributed by atoms with van der Waals surface area (Å²) in [5.41, 5.74) is 4.41. The first-order valence-corrected chi connectivity index (χ1v) is 8.60. The normalized spacial score (nSPS) is 18.5. The average Bonchev–Trinajstić information content (AvgIpc) is 2.93. The highest BCUT2D eigenvalue weighted by Crippen LogP contribution is 2.35. The van der Waals surface area contributed by atoms with Crippen LogP contribution in [0.25, 0.3) is 0 Å². The van der Waals surface area contributed by atoms with Crippen molar-refractivity contribution >= 4 is 15.9 Å². The molecule has 0 amide bonds. The Morgan fingerprint density at radius 2 is 1.95 bits per heavy atom. The Morgan fingerprint density at radius 3 is 2.76 bits per heavy atom. The van der Waals surface area contributed by atoms with E-state index in [1.165, 1.54) is 40.4 Å². The molecule has 0 fully saturated rings. The zero-order valence-corrected chi connectivity index (χ0v) is 14.1. The average molecular weight is 344 g/mol. The van der Waals surface area contributed by atoms with Crippen LogP contribution in [0, 0.1) is 0 Å². The molecule has 0 spiro atoms. The fourth-order valence-electron chi connectivity index (χ4n) is 3.24. The first-order valence-electron chi connectivity index (χ1n) is 7.81. The van der Waals surface area contributed by atoms with Crippen molar-refractivity contribution in [2.24, 2.45) is 0 Å². The van der Waals surface area contributed by atoms with Crippen LogP contribution in [0.3, 0.4) is 0 Å². The molecule has 1 nitrogen and oxygen atoms in total. The summed E-state index contributed by atoms with van der Waals surface area (Å²) in [6.45, 7) is 3.39. The van der Waals surface area contributed by atoms with Crippen LogP contribution in [0.2, 0.25) is 0 Å². The summed E-state index contributed by atoms with van der Waals surface area (Å²) >= 11 is 3.67. The summed E-state index contributed by atoms with van der Waals surface area (Å²) < 4.78 is 1.27. The lowest BCUT2D eigenvalue weighted by molar-refractivity contribution is 0.501. The Morgan fingerprint density at radius 1 is 1.14 bits per heavy atom. The van der Waals surface area contributed by atoms with E-state index in [1.807, 2.05) is 0 Å². The second-order valence-corrected chi connectivity index (χ2v) is 6.81. The van der Waals surface area contributed by atoms with Crippen LogP contribution < -0.4 is 5.32 Å². The Balaban J connectivity index is 1.55. The van der Waals surface area contributed by atoms with Crippen LogP contribution in [0.5, 0.6) is 0 Å². The Hall–Kier alpha value is -1.12. The third-order valence-electron chi connectivity index (χ3n) is 4.55. The number of hydrogen-bond acceptors (Lipinski definition) is 1. The van der Waals surface area contributed by atoms with E-state index in [1.54, 1.807) is 0 Å². The highest BCUT2D eigenvalue weighted by Gasteiger charge is 2.23. The minimum Gasteiger partial charge on any atom is -0.310 e. The molecule has 0 aromatic heterocycles. The van der Waals surface area contributed by atoms with E-state index in [0.717, 1.165) is 6.54 Å². The molecule has 0 heterocycles. The highest BCUT2D eigenvalue weighted by molar-refractivity contribution is 9.10. The van der Waals surface area contributed by atoms with Crippen molar-refractivity contribution in [2.75, 3.05) is 6.54 Å². The maximum Gasteiger partial charge on any atom is 0.0326 e. The fourth-order valence-corrected chi connectivity index (χ4v) is 3.82. The largest absolute Gasteiger partial charge is 0.310 e. The van der Waals surface area contributed by atoms with Gasteiger partial charge in [-0.1, -0.05) is 65.3 Å². The van der Waals surface area contributed by atoms with Gasteiger partial charge in [0.1, 0.15) is 0 Å². The van der Waals surface area contributed by atoms with Gasteiger partial charge in [-0.15, -0.1) is 0 Å². The maximum absolute atomic E-state index is 3.74. The molecule has 21 heavy (non-hydrogen) atoms. The molecule has 0 radical (unpaired) electrons. The lowest BCUT2D eigenvalue weighted by Gasteiger charge is -2.17. The molecule has 110 valence electrons. The number of halogens is 1. The van der Waals surface area contributed by atoms with E-state index in [-0.39, 0.29) is 0 Å². The molecule has 2 unspecified atom stereocenters. The van der Waals surface area contributed by atoms with E-state index in [0.29, 0.717) is 12.0 Å². The number of benzene rings is 2. The number of hydrogen-bond donors (Lipinski definition) is 1. The zero-order chi connectivity index (χ0) is 14.7. The van der Waals surface area contributed by atoms with Crippen molar-refractivity contribution in [1.29, 1.82) is 0 Å². The summed E-state index contributed by atoms with van der Waals surface area (Å²) in [5, 5.41) is 3.74. The van der Waals surface area contributed by atoms with Gasteiger partial charge in [0.15, 0.2) is 0 Å². The Bertz CT molecular complexity index is 594. The third kappa shape index (κ3) is 3.38. The van der Waals surface area contributed by atoms with Gasteiger partial charge in [0, 0.05) is 10.5 Å². The predicted octanol–water partition coefficient (Wildman–Crippen LogP) is 5.22. The minimum absolute atomic E-state index is 0.528. The molecule has 2 atom stereocenters. The molecule has 2 aromatic rings. The molecule has 1 aliphatic rings. The van der Waals surface area contributed by atoms with Gasteiger partial charge in [-0.05, 0) is 54.5 Å². The number of fused-ring (bicyclic) bond motifs is 1. The molecule has 1 aliphatic carbocycles. The van der Waals surface area contributed by atoms with E-state index in [9.17, 15) is 0 Å². The SMILES string of the molecule is CC(CCNC1CCc2c(Br)cccc21)c1ccccc1. The molecule has 0 saturated carbocycles. The second-order valence-electron chi connectivity index (χ2n) is 5.95. The van der Waals surface area contributed by atoms with Crippen LogP contribution >= 0.6 is 15.9 Å². The predicted molar refractivity (Wildman–Crippen MR) is 92.7 cm³/mol. The highest BCUT2D eigenvalue weighted by atomic mass is 79.9. The first kappa shape index (κ1) is 14.8. The topological polar surface area (TPSA) is 12.0 Å². The fraction of sp³-hybridized carbons (Fsp3) is 0.368. The number of rotatable bonds is 5. The molecule has 2 heteroatoms. The quantitative estimate of drug-likeness (QED) is 0.784. The first-order chi connectivity index (χ1) is 10.3. The molecule has 0 saturated heterocycles. The second kappa shape index (κ2) is 6.76. The monoisotopic (exact) mass is 343 g/mol. The van der Waals surface area contributed by atoms with E-state index < -0.39 is 0 Å². The molecule has 0 aliphatic heterocycles. The van der Waals surface area contributed by atoms with E-state index >= 15 is 0 Å². The number of nitrogens with one attached hydrogen (secondary N) is 1. The Kier molecular flexibility index (Phi) is 4.77. The van der Waals surface area contributed by atoms with Crippen molar-refractivity contribution in [2.45, 2.75) is 38.1 Å². The lowest BCUT2D eigenvalue weighted by Crippen LogP contribution is -2.21. The van der Waals surface area contributed by atoms with Crippen LogP contribution in [-0.2, 0) is 6.42 Å². The molecular weight excluding hydrogens is 322 g/mol. The van der Waals surface area contributed by atoms with Gasteiger partial charge in [0.05, 0.1) is 0 Å². The van der Waals surface area contributed by atoms with Crippen LogP contribution in [0.1, 0.15) is 48.4 Å². The summed E-state index contributed by atoms with van der Waals surface area (Å²) in [7, 11) is 0. The maximum atomic E-state index is 3.74. The van der Waals surface area contributed by atoms with Gasteiger partial charge >= 0.3 is 0 Å². The molecule has 3 rings (SSSR count). The smallest absolute Gasteiger partial charge is 0.0326 e. The van der Waals surface area contributed by atoms with Crippen molar-refractivity contribution in [3.63, 3.8) is 0 Å². The van der Waals surface area contributed by atoms with Crippen molar-refractivity contribution in [1.82, 2.24) is 5.32 Å². The van der Waals surface area contributed by atoms with Gasteiger partial charge < -0.3 is 5.32 Å². The van der Waals surface area contributed by atoms with Gasteiger partial charge in [-0.3, -0.25) is 0 Å². The van der Waals surface area contributed by atoms with Crippen LogP contribution in [0.4, 0.5) is 0 Å². The van der Waals surface area contributed by atoms with Crippen molar-refractivity contribution < 1.29 is 0 Å². The van der Waals surface area contributed by atoms with E-state index in [4.69, 9.17) is 0 Å². The van der Waals surface area contributed by atoms with Gasteiger partial charge in [-0.2, -0.15) is 0 Å². The standard InChI is InChI=1S/C19H22BrN/c1-14(15-6-3-2-4-7-15)12-13-21-19-11-10-16-17(19)8-5-9-18(16)20/h2-9,14,19,21H,10-13H2,1H3.